The van der Waals surface area contributed by atoms with E-state index in [4.69, 9.17) is 4.74 Å². The average molecular weight is 265 g/mol. The van der Waals surface area contributed by atoms with Crippen LogP contribution >= 0.6 is 0 Å². The fourth-order valence-electron chi connectivity index (χ4n) is 2.45. The first-order valence-electron chi connectivity index (χ1n) is 6.70. The van der Waals surface area contributed by atoms with Gasteiger partial charge in [0.25, 0.3) is 0 Å². The number of carbonyl (C=O) groups excluding carboxylic acids is 1. The summed E-state index contributed by atoms with van der Waals surface area (Å²) >= 11 is 0. The van der Waals surface area contributed by atoms with Crippen molar-refractivity contribution in [2.24, 2.45) is 5.92 Å². The van der Waals surface area contributed by atoms with Crippen LogP contribution in [-0.2, 0) is 4.74 Å². The number of rotatable bonds is 4. The van der Waals surface area contributed by atoms with Gasteiger partial charge < -0.3 is 4.74 Å². The van der Waals surface area contributed by atoms with E-state index in [0.717, 1.165) is 13.1 Å². The number of carbonyl (C=O) groups is 1. The second kappa shape index (κ2) is 6.26. The zero-order valence-corrected chi connectivity index (χ0v) is 11.4. The monoisotopic (exact) mass is 265 g/mol. The summed E-state index contributed by atoms with van der Waals surface area (Å²) in [5.74, 6) is -0.769. The minimum absolute atomic E-state index is 0.128. The summed E-state index contributed by atoms with van der Waals surface area (Å²) in [5, 5.41) is 0. The predicted molar refractivity (Wildman–Crippen MR) is 71.7 cm³/mol. The van der Waals surface area contributed by atoms with Crippen molar-refractivity contribution < 1.29 is 13.9 Å². The standard InChI is InChI=1S/C15H20FNO2/c1-11(9-17-7-8-19-12(2)10-17)15(18)13-5-3-4-6-14(13)16/h3-6,11-12H,7-10H2,1-2H3. The summed E-state index contributed by atoms with van der Waals surface area (Å²) in [6, 6.07) is 6.17. The summed E-state index contributed by atoms with van der Waals surface area (Å²) in [5.41, 5.74) is 0.191. The number of benzene rings is 1. The lowest BCUT2D eigenvalue weighted by atomic mass is 9.98. The molecule has 104 valence electrons. The fraction of sp³-hybridized carbons (Fsp3) is 0.533. The van der Waals surface area contributed by atoms with Gasteiger partial charge in [-0.05, 0) is 19.1 Å². The molecule has 0 amide bonds. The SMILES string of the molecule is CC1CN(CC(C)C(=O)c2ccccc2F)CCO1. The Morgan fingerprint density at radius 3 is 2.95 bits per heavy atom. The molecular weight excluding hydrogens is 245 g/mol. The molecule has 19 heavy (non-hydrogen) atoms. The minimum Gasteiger partial charge on any atom is -0.376 e. The van der Waals surface area contributed by atoms with Gasteiger partial charge in [0.2, 0.25) is 0 Å². The Balaban J connectivity index is 1.98. The van der Waals surface area contributed by atoms with Crippen LogP contribution in [-0.4, -0.2) is 43.0 Å². The molecule has 1 aliphatic heterocycles. The molecule has 2 unspecified atom stereocenters. The Morgan fingerprint density at radius 1 is 1.53 bits per heavy atom. The average Bonchev–Trinajstić information content (AvgIpc) is 2.38. The van der Waals surface area contributed by atoms with Crippen LogP contribution < -0.4 is 0 Å². The summed E-state index contributed by atoms with van der Waals surface area (Å²) in [6.45, 7) is 6.89. The second-order valence-electron chi connectivity index (χ2n) is 5.19. The zero-order valence-electron chi connectivity index (χ0n) is 11.4. The van der Waals surface area contributed by atoms with Crippen LogP contribution in [0.25, 0.3) is 0 Å². The third kappa shape index (κ3) is 3.61. The summed E-state index contributed by atoms with van der Waals surface area (Å²) in [7, 11) is 0. The third-order valence-corrected chi connectivity index (χ3v) is 3.44. The number of Topliss-reactive ketones (excluding diaryl/α,β-unsaturated/α-hetero) is 1. The molecule has 0 radical (unpaired) electrons. The molecule has 0 N–H and O–H groups in total. The van der Waals surface area contributed by atoms with Gasteiger partial charge in [-0.3, -0.25) is 9.69 Å². The lowest BCUT2D eigenvalue weighted by Crippen LogP contribution is -2.44. The van der Waals surface area contributed by atoms with E-state index in [9.17, 15) is 9.18 Å². The first-order valence-corrected chi connectivity index (χ1v) is 6.70. The van der Waals surface area contributed by atoms with Crippen LogP contribution in [0, 0.1) is 11.7 Å². The molecule has 2 rings (SSSR count). The van der Waals surface area contributed by atoms with Gasteiger partial charge in [-0.1, -0.05) is 19.1 Å². The van der Waals surface area contributed by atoms with E-state index < -0.39 is 5.82 Å². The number of hydrogen-bond donors (Lipinski definition) is 0. The molecule has 1 heterocycles. The van der Waals surface area contributed by atoms with Gasteiger partial charge >= 0.3 is 0 Å². The van der Waals surface area contributed by atoms with Gasteiger partial charge in [-0.25, -0.2) is 4.39 Å². The van der Waals surface area contributed by atoms with E-state index in [1.165, 1.54) is 6.07 Å². The van der Waals surface area contributed by atoms with E-state index in [1.807, 2.05) is 13.8 Å². The van der Waals surface area contributed by atoms with Crippen LogP contribution in [0.5, 0.6) is 0 Å². The maximum Gasteiger partial charge on any atom is 0.169 e. The largest absolute Gasteiger partial charge is 0.376 e. The highest BCUT2D eigenvalue weighted by molar-refractivity contribution is 5.98. The molecule has 0 saturated carbocycles. The quantitative estimate of drug-likeness (QED) is 0.783. The molecule has 3 nitrogen and oxygen atoms in total. The normalized spacial score (nSPS) is 22.2. The number of halogens is 1. The highest BCUT2D eigenvalue weighted by atomic mass is 19.1. The summed E-state index contributed by atoms with van der Waals surface area (Å²) in [4.78, 5) is 14.4. The van der Waals surface area contributed by atoms with Gasteiger partial charge in [-0.2, -0.15) is 0 Å². The van der Waals surface area contributed by atoms with Crippen LogP contribution in [0.2, 0.25) is 0 Å². The van der Waals surface area contributed by atoms with Gasteiger partial charge in [-0.15, -0.1) is 0 Å². The van der Waals surface area contributed by atoms with Gasteiger partial charge in [0.1, 0.15) is 5.82 Å². The number of ether oxygens (including phenoxy) is 1. The highest BCUT2D eigenvalue weighted by Gasteiger charge is 2.23. The number of morpholine rings is 1. The zero-order chi connectivity index (χ0) is 13.8. The van der Waals surface area contributed by atoms with Crippen molar-refractivity contribution in [2.75, 3.05) is 26.2 Å². The Morgan fingerprint density at radius 2 is 2.26 bits per heavy atom. The second-order valence-corrected chi connectivity index (χ2v) is 5.19. The van der Waals surface area contributed by atoms with E-state index in [1.54, 1.807) is 18.2 Å². The van der Waals surface area contributed by atoms with Gasteiger partial charge in [0.05, 0.1) is 18.3 Å². The molecule has 0 spiro atoms. The van der Waals surface area contributed by atoms with Crippen molar-refractivity contribution in [3.63, 3.8) is 0 Å². The number of ketones is 1. The van der Waals surface area contributed by atoms with Crippen molar-refractivity contribution in [3.8, 4) is 0 Å². The third-order valence-electron chi connectivity index (χ3n) is 3.44. The van der Waals surface area contributed by atoms with E-state index in [2.05, 4.69) is 4.90 Å². The maximum atomic E-state index is 13.6. The molecule has 1 saturated heterocycles. The maximum absolute atomic E-state index is 13.6. The molecule has 1 fully saturated rings. The van der Waals surface area contributed by atoms with Crippen LogP contribution in [0.15, 0.2) is 24.3 Å². The van der Waals surface area contributed by atoms with E-state index in [0.29, 0.717) is 13.2 Å². The lowest BCUT2D eigenvalue weighted by Gasteiger charge is -2.32. The topological polar surface area (TPSA) is 29.5 Å². The van der Waals surface area contributed by atoms with Gasteiger partial charge in [0, 0.05) is 25.6 Å². The van der Waals surface area contributed by atoms with Crippen LogP contribution in [0.3, 0.4) is 0 Å². The van der Waals surface area contributed by atoms with Crippen LogP contribution in [0.4, 0.5) is 4.39 Å². The molecule has 1 aromatic carbocycles. The van der Waals surface area contributed by atoms with Crippen LogP contribution in [0.1, 0.15) is 24.2 Å². The molecule has 0 aromatic heterocycles. The Bertz CT molecular complexity index is 450. The van der Waals surface area contributed by atoms with E-state index >= 15 is 0 Å². The molecule has 4 heteroatoms. The van der Waals surface area contributed by atoms with Crippen molar-refractivity contribution in [1.29, 1.82) is 0 Å². The minimum atomic E-state index is -0.435. The van der Waals surface area contributed by atoms with Gasteiger partial charge in [0.15, 0.2) is 5.78 Å². The highest BCUT2D eigenvalue weighted by Crippen LogP contribution is 2.15. The van der Waals surface area contributed by atoms with Crippen molar-refractivity contribution >= 4 is 5.78 Å². The van der Waals surface area contributed by atoms with E-state index in [-0.39, 0.29) is 23.4 Å². The lowest BCUT2D eigenvalue weighted by molar-refractivity contribution is -0.0215. The number of hydrogen-bond acceptors (Lipinski definition) is 3. The molecular formula is C15H20FNO2. The summed E-state index contributed by atoms with van der Waals surface area (Å²) < 4.78 is 19.1. The summed E-state index contributed by atoms with van der Waals surface area (Å²) in [6.07, 6.45) is 0.199. The molecule has 0 aliphatic carbocycles. The van der Waals surface area contributed by atoms with Crippen molar-refractivity contribution in [1.82, 2.24) is 4.90 Å². The van der Waals surface area contributed by atoms with Crippen molar-refractivity contribution in [3.05, 3.63) is 35.6 Å². The smallest absolute Gasteiger partial charge is 0.169 e. The van der Waals surface area contributed by atoms with Crippen molar-refractivity contribution in [2.45, 2.75) is 20.0 Å². The molecule has 1 aromatic rings. The first kappa shape index (κ1) is 14.2. The molecule has 1 aliphatic rings. The Kier molecular flexibility index (Phi) is 4.66. The Hall–Kier alpha value is -1.26. The molecule has 0 bridgehead atoms. The predicted octanol–water partition coefficient (Wildman–Crippen LogP) is 2.37. The first-order chi connectivity index (χ1) is 9.08. The fourth-order valence-corrected chi connectivity index (χ4v) is 2.45. The molecule has 2 atom stereocenters. The Labute approximate surface area is 113 Å². The number of nitrogens with zero attached hydrogens (tertiary/aromatic N) is 1.